The zero-order valence-corrected chi connectivity index (χ0v) is 23.0. The molecule has 0 saturated carbocycles. The van der Waals surface area contributed by atoms with Gasteiger partial charge in [0.25, 0.3) is 0 Å². The second-order valence-electron chi connectivity index (χ2n) is 10.8. The second kappa shape index (κ2) is 12.7. The van der Waals surface area contributed by atoms with Crippen molar-refractivity contribution in [3.05, 3.63) is 60.4 Å². The maximum Gasteiger partial charge on any atom is 0.227 e. The van der Waals surface area contributed by atoms with Gasteiger partial charge in [0.2, 0.25) is 5.95 Å². The van der Waals surface area contributed by atoms with Gasteiger partial charge in [-0.1, -0.05) is 19.1 Å². The van der Waals surface area contributed by atoms with Crippen LogP contribution in [0.5, 0.6) is 0 Å². The molecule has 3 aromatic rings. The molecule has 4 unspecified atom stereocenters. The van der Waals surface area contributed by atoms with Crippen LogP contribution in [0.2, 0.25) is 0 Å². The number of ether oxygens (including phenoxy) is 1. The van der Waals surface area contributed by atoms with Gasteiger partial charge >= 0.3 is 0 Å². The van der Waals surface area contributed by atoms with E-state index in [1.807, 2.05) is 19.4 Å². The van der Waals surface area contributed by atoms with E-state index in [1.54, 1.807) is 6.20 Å². The molecule has 8 heteroatoms. The highest BCUT2D eigenvalue weighted by Gasteiger charge is 2.27. The third-order valence-electron chi connectivity index (χ3n) is 7.84. The van der Waals surface area contributed by atoms with Crippen molar-refractivity contribution in [3.8, 4) is 11.3 Å². The average molecular weight is 516 g/mol. The summed E-state index contributed by atoms with van der Waals surface area (Å²) < 4.78 is 5.64. The molecule has 1 N–H and O–H groups in total. The molecule has 1 saturated heterocycles. The molecule has 5 aliphatic rings. The number of aromatic nitrogens is 3. The van der Waals surface area contributed by atoms with Crippen molar-refractivity contribution >= 4 is 17.5 Å². The van der Waals surface area contributed by atoms with Gasteiger partial charge in [-0.05, 0) is 67.6 Å². The zero-order chi connectivity index (χ0) is 26.3. The Labute approximate surface area is 227 Å². The van der Waals surface area contributed by atoms with E-state index in [0.29, 0.717) is 17.9 Å². The number of hydrogen-bond donors (Lipinski definition) is 1. The molecule has 0 aliphatic carbocycles. The van der Waals surface area contributed by atoms with Crippen LogP contribution in [0.25, 0.3) is 11.3 Å². The fourth-order valence-electron chi connectivity index (χ4n) is 5.51. The van der Waals surface area contributed by atoms with Crippen molar-refractivity contribution in [2.45, 2.75) is 38.8 Å². The number of piperazine rings is 1. The third kappa shape index (κ3) is 6.87. The van der Waals surface area contributed by atoms with Crippen LogP contribution in [0.4, 0.5) is 17.5 Å². The molecule has 0 radical (unpaired) electrons. The molecule has 38 heavy (non-hydrogen) atoms. The highest BCUT2D eigenvalue weighted by Crippen LogP contribution is 2.23. The first-order chi connectivity index (χ1) is 18.6. The molecule has 0 amide bonds. The molecule has 2 aromatic heterocycles. The Balaban J connectivity index is 1.39. The maximum atomic E-state index is 5.64. The molecule has 7 heterocycles. The van der Waals surface area contributed by atoms with Gasteiger partial charge in [-0.25, -0.2) is 15.0 Å². The van der Waals surface area contributed by atoms with Gasteiger partial charge in [-0.2, -0.15) is 0 Å². The summed E-state index contributed by atoms with van der Waals surface area (Å²) in [5.74, 6) is 2.28. The van der Waals surface area contributed by atoms with Gasteiger partial charge in [0.05, 0.1) is 12.3 Å². The Kier molecular flexibility index (Phi) is 8.83. The highest BCUT2D eigenvalue weighted by atomic mass is 16.5. The Morgan fingerprint density at radius 3 is 2.79 bits per heavy atom. The molecule has 4 atom stereocenters. The van der Waals surface area contributed by atoms with Crippen molar-refractivity contribution in [3.63, 3.8) is 0 Å². The van der Waals surface area contributed by atoms with Crippen LogP contribution in [0.15, 0.2) is 54.9 Å². The number of methoxy groups -OCH3 is 1. The molecular formula is C30H41N7O. The standard InChI is InChI=1S/C30H41N7O/c1-23-6-5-14-35(2)29-10-9-25(19-32-29)28-11-13-31-30(34-28)33-26-8-4-7-24(18-26)20-37-17-16-36(15-12-23)21-27(37)22-38-3/h4,7-11,13,18-19,23,27H,5-6,12,14-17,20-22H2,1-3H3,(H,31,33,34). The monoisotopic (exact) mass is 515 g/mol. The maximum absolute atomic E-state index is 5.64. The molecule has 202 valence electrons. The van der Waals surface area contributed by atoms with Crippen LogP contribution in [-0.2, 0) is 11.3 Å². The van der Waals surface area contributed by atoms with Crippen molar-refractivity contribution in [2.75, 3.05) is 63.7 Å². The van der Waals surface area contributed by atoms with E-state index in [4.69, 9.17) is 14.7 Å². The fourth-order valence-corrected chi connectivity index (χ4v) is 5.51. The molecule has 1 aromatic carbocycles. The lowest BCUT2D eigenvalue weighted by molar-refractivity contribution is 0.0190. The minimum Gasteiger partial charge on any atom is -0.383 e. The number of rotatable bonds is 2. The van der Waals surface area contributed by atoms with E-state index in [0.717, 1.165) is 68.6 Å². The minimum absolute atomic E-state index is 0.396. The van der Waals surface area contributed by atoms with Crippen LogP contribution in [0.1, 0.15) is 31.7 Å². The van der Waals surface area contributed by atoms with Gasteiger partial charge in [-0.3, -0.25) is 4.90 Å². The summed E-state index contributed by atoms with van der Waals surface area (Å²) >= 11 is 0. The van der Waals surface area contributed by atoms with Crippen LogP contribution in [0.3, 0.4) is 0 Å². The lowest BCUT2D eigenvalue weighted by atomic mass is 10.0. The van der Waals surface area contributed by atoms with Crippen LogP contribution >= 0.6 is 0 Å². The summed E-state index contributed by atoms with van der Waals surface area (Å²) in [4.78, 5) is 21.4. The third-order valence-corrected chi connectivity index (χ3v) is 7.84. The number of anilines is 3. The summed E-state index contributed by atoms with van der Waals surface area (Å²) in [7, 11) is 3.94. The van der Waals surface area contributed by atoms with Crippen LogP contribution in [0, 0.1) is 5.92 Å². The molecule has 5 aliphatic heterocycles. The number of nitrogens with zero attached hydrogens (tertiary/aromatic N) is 6. The van der Waals surface area contributed by atoms with E-state index < -0.39 is 0 Å². The predicted octanol–water partition coefficient (Wildman–Crippen LogP) is 4.67. The minimum atomic E-state index is 0.396. The largest absolute Gasteiger partial charge is 0.383 e. The van der Waals surface area contributed by atoms with Crippen LogP contribution in [-0.4, -0.2) is 84.3 Å². The van der Waals surface area contributed by atoms with Crippen molar-refractivity contribution in [1.82, 2.24) is 24.8 Å². The lowest BCUT2D eigenvalue weighted by Gasteiger charge is -2.41. The first-order valence-corrected chi connectivity index (χ1v) is 13.9. The van der Waals surface area contributed by atoms with Gasteiger partial charge in [0.1, 0.15) is 5.82 Å². The average Bonchev–Trinajstić information content (AvgIpc) is 2.93. The van der Waals surface area contributed by atoms with E-state index in [9.17, 15) is 0 Å². The Hall–Kier alpha value is -3.07. The zero-order valence-electron chi connectivity index (χ0n) is 23.0. The summed E-state index contributed by atoms with van der Waals surface area (Å²) in [6.45, 7) is 9.44. The van der Waals surface area contributed by atoms with Gasteiger partial charge < -0.3 is 19.9 Å². The van der Waals surface area contributed by atoms with E-state index in [-0.39, 0.29) is 0 Å². The molecule has 8 nitrogen and oxygen atoms in total. The Bertz CT molecular complexity index is 1170. The topological polar surface area (TPSA) is 69.6 Å². The first-order valence-electron chi connectivity index (χ1n) is 13.9. The summed E-state index contributed by atoms with van der Waals surface area (Å²) in [5.41, 5.74) is 4.10. The van der Waals surface area contributed by atoms with Crippen molar-refractivity contribution in [1.29, 1.82) is 0 Å². The molecule has 8 rings (SSSR count). The fraction of sp³-hybridized carbons (Fsp3) is 0.500. The number of nitrogens with one attached hydrogen (secondary N) is 1. The number of hydrogen-bond acceptors (Lipinski definition) is 8. The van der Waals surface area contributed by atoms with Gasteiger partial charge in [0.15, 0.2) is 0 Å². The SMILES string of the molecule is COCC1CN2CCC(C)CCCN(C)c3ccc(cn3)-c3ccnc(n3)Nc3cccc(c3)CN1CC2. The summed E-state index contributed by atoms with van der Waals surface area (Å²) in [6, 6.07) is 15.1. The summed E-state index contributed by atoms with van der Waals surface area (Å²) in [5, 5.41) is 3.41. The van der Waals surface area contributed by atoms with E-state index in [2.05, 4.69) is 75.4 Å². The van der Waals surface area contributed by atoms with Crippen molar-refractivity contribution in [2.24, 2.45) is 5.92 Å². The lowest BCUT2D eigenvalue weighted by Crippen LogP contribution is -2.54. The smallest absolute Gasteiger partial charge is 0.227 e. The number of pyridine rings is 1. The molecule has 1 fully saturated rings. The normalized spacial score (nSPS) is 24.7. The first kappa shape index (κ1) is 26.5. The van der Waals surface area contributed by atoms with Gasteiger partial charge in [0, 0.05) is 76.6 Å². The van der Waals surface area contributed by atoms with Crippen LogP contribution < -0.4 is 10.2 Å². The van der Waals surface area contributed by atoms with E-state index in [1.165, 1.54) is 24.8 Å². The molecular weight excluding hydrogens is 474 g/mol. The number of benzene rings is 1. The Morgan fingerprint density at radius 1 is 1.03 bits per heavy atom. The van der Waals surface area contributed by atoms with Gasteiger partial charge in [-0.15, -0.1) is 0 Å². The van der Waals surface area contributed by atoms with E-state index >= 15 is 0 Å². The molecule has 0 spiro atoms. The van der Waals surface area contributed by atoms with Crippen molar-refractivity contribution < 1.29 is 4.74 Å². The molecule has 8 bridgehead atoms. The predicted molar refractivity (Wildman–Crippen MR) is 154 cm³/mol. The summed E-state index contributed by atoms with van der Waals surface area (Å²) in [6.07, 6.45) is 7.35. The second-order valence-corrected chi connectivity index (χ2v) is 10.8. The quantitative estimate of drug-likeness (QED) is 0.528. The Morgan fingerprint density at radius 2 is 1.95 bits per heavy atom. The highest BCUT2D eigenvalue weighted by molar-refractivity contribution is 5.62.